The van der Waals surface area contributed by atoms with Crippen LogP contribution in [-0.2, 0) is 6.54 Å². The van der Waals surface area contributed by atoms with Crippen molar-refractivity contribution in [2.24, 2.45) is 46.8 Å². The maximum atomic E-state index is 13.6. The fourth-order valence-corrected chi connectivity index (χ4v) is 9.06. The lowest BCUT2D eigenvalue weighted by Crippen LogP contribution is -2.48. The van der Waals surface area contributed by atoms with E-state index in [-0.39, 0.29) is 12.5 Å². The number of rotatable bonds is 4. The van der Waals surface area contributed by atoms with Gasteiger partial charge in [0.05, 0.1) is 13.2 Å². The van der Waals surface area contributed by atoms with Gasteiger partial charge in [-0.1, -0.05) is 19.1 Å². The number of nitrogens with zero attached hydrogens (tertiary/aromatic N) is 3. The lowest BCUT2D eigenvalue weighted by atomic mass is 9.49. The van der Waals surface area contributed by atoms with Crippen molar-refractivity contribution in [3.05, 3.63) is 36.2 Å². The van der Waals surface area contributed by atoms with Crippen LogP contribution in [0.4, 0.5) is 8.78 Å². The Morgan fingerprint density at radius 3 is 2.70 bits per heavy atom. The molecule has 33 heavy (non-hydrogen) atoms. The van der Waals surface area contributed by atoms with Gasteiger partial charge in [0.2, 0.25) is 0 Å². The highest BCUT2D eigenvalue weighted by atomic mass is 19.1. The fourth-order valence-electron chi connectivity index (χ4n) is 9.06. The highest BCUT2D eigenvalue weighted by molar-refractivity contribution is 5.73. The minimum Gasteiger partial charge on any atom is -0.251 e. The van der Waals surface area contributed by atoms with Crippen LogP contribution in [0.5, 0.6) is 0 Å². The second kappa shape index (κ2) is 8.16. The number of benzene rings is 1. The number of alkyl halides is 1. The molecule has 5 heteroatoms. The summed E-state index contributed by atoms with van der Waals surface area (Å²) in [5.74, 6) is 4.69. The third kappa shape index (κ3) is 3.56. The molecule has 4 fully saturated rings. The van der Waals surface area contributed by atoms with E-state index in [4.69, 9.17) is 0 Å². The van der Waals surface area contributed by atoms with Crippen molar-refractivity contribution in [2.75, 3.05) is 6.67 Å². The molecule has 6 rings (SSSR count). The highest BCUT2D eigenvalue weighted by Gasteiger charge is 2.57. The molecule has 8 unspecified atom stereocenters. The van der Waals surface area contributed by atoms with Crippen LogP contribution in [0.3, 0.4) is 0 Å². The van der Waals surface area contributed by atoms with Crippen LogP contribution in [0.25, 0.3) is 11.0 Å². The van der Waals surface area contributed by atoms with Crippen molar-refractivity contribution in [1.29, 1.82) is 0 Å². The summed E-state index contributed by atoms with van der Waals surface area (Å²) in [6, 6.07) is 4.59. The summed E-state index contributed by atoms with van der Waals surface area (Å²) in [4.78, 5) is 1.71. The van der Waals surface area contributed by atoms with Gasteiger partial charge in [0.15, 0.2) is 0 Å². The number of halogens is 2. The lowest BCUT2D eigenvalue weighted by Gasteiger charge is -2.56. The van der Waals surface area contributed by atoms with Crippen LogP contribution < -0.4 is 0 Å². The van der Waals surface area contributed by atoms with Crippen molar-refractivity contribution in [1.82, 2.24) is 15.0 Å². The zero-order valence-corrected chi connectivity index (χ0v) is 19.9. The first-order chi connectivity index (χ1) is 16.0. The number of allylic oxidation sites excluding steroid dienone is 1. The van der Waals surface area contributed by atoms with Gasteiger partial charge in [0, 0.05) is 6.07 Å². The molecule has 1 aromatic carbocycles. The first-order valence-electron chi connectivity index (χ1n) is 13.2. The van der Waals surface area contributed by atoms with E-state index in [0.29, 0.717) is 29.3 Å². The predicted octanol–water partition coefficient (Wildman–Crippen LogP) is 6.98. The van der Waals surface area contributed by atoms with Gasteiger partial charge in [-0.2, -0.15) is 15.0 Å². The topological polar surface area (TPSA) is 30.7 Å². The van der Waals surface area contributed by atoms with Crippen LogP contribution >= 0.6 is 0 Å². The van der Waals surface area contributed by atoms with Crippen LogP contribution in [0.1, 0.15) is 64.7 Å². The van der Waals surface area contributed by atoms with E-state index in [9.17, 15) is 8.78 Å². The molecule has 0 aliphatic heterocycles. The van der Waals surface area contributed by atoms with Crippen LogP contribution in [0.15, 0.2) is 30.4 Å². The number of hydrogen-bond donors (Lipinski definition) is 0. The Morgan fingerprint density at radius 1 is 1.03 bits per heavy atom. The SMILES string of the molecule is C=C(Cn1nc2ccc(F)cc2n1)C1CCC2C3CCC4CC(CF)CCC4C3CCC12C. The first-order valence-corrected chi connectivity index (χ1v) is 13.2. The van der Waals surface area contributed by atoms with Crippen molar-refractivity contribution in [2.45, 2.75) is 71.3 Å². The molecule has 4 aliphatic carbocycles. The second-order valence-electron chi connectivity index (χ2n) is 12.0. The molecule has 3 nitrogen and oxygen atoms in total. The van der Waals surface area contributed by atoms with Gasteiger partial charge >= 0.3 is 0 Å². The number of aromatic nitrogens is 3. The molecule has 0 amide bonds. The standard InChI is InChI=1S/C28H37F2N3/c1-17(16-33-31-26-10-5-20(30)14-27(26)32-33)24-8-9-25-23-7-4-19-13-18(15-29)3-6-21(19)22(23)11-12-28(24,25)2/h5,10,14,18-19,21-25H,1,3-4,6-9,11-13,15-16H2,2H3. The molecule has 2 aromatic rings. The summed E-state index contributed by atoms with van der Waals surface area (Å²) in [7, 11) is 0. The minimum absolute atomic E-state index is 0.114. The summed E-state index contributed by atoms with van der Waals surface area (Å²) in [6.45, 7) is 7.57. The monoisotopic (exact) mass is 453 g/mol. The second-order valence-corrected chi connectivity index (χ2v) is 12.0. The van der Waals surface area contributed by atoms with E-state index in [0.717, 1.165) is 47.9 Å². The van der Waals surface area contributed by atoms with Gasteiger partial charge in [-0.3, -0.25) is 4.39 Å². The van der Waals surface area contributed by atoms with Gasteiger partial charge < -0.3 is 0 Å². The Hall–Kier alpha value is -1.78. The first kappa shape index (κ1) is 21.7. The van der Waals surface area contributed by atoms with Gasteiger partial charge in [0.1, 0.15) is 16.9 Å². The largest absolute Gasteiger partial charge is 0.251 e. The van der Waals surface area contributed by atoms with E-state index >= 15 is 0 Å². The van der Waals surface area contributed by atoms with Gasteiger partial charge in [-0.15, -0.1) is 0 Å². The molecule has 1 aromatic heterocycles. The summed E-state index contributed by atoms with van der Waals surface area (Å²) in [5.41, 5.74) is 2.90. The Kier molecular flexibility index (Phi) is 5.38. The zero-order valence-electron chi connectivity index (χ0n) is 19.9. The average molecular weight is 454 g/mol. The Labute approximate surface area is 196 Å². The lowest BCUT2D eigenvalue weighted by molar-refractivity contribution is -0.0658. The molecule has 0 saturated heterocycles. The normalized spacial score (nSPS) is 40.3. The molecular weight excluding hydrogens is 416 g/mol. The molecule has 0 radical (unpaired) electrons. The van der Waals surface area contributed by atoms with E-state index < -0.39 is 0 Å². The third-order valence-electron chi connectivity index (χ3n) is 10.5. The molecule has 0 bridgehead atoms. The summed E-state index contributed by atoms with van der Waals surface area (Å²) in [6.07, 6.45) is 11.3. The predicted molar refractivity (Wildman–Crippen MR) is 127 cm³/mol. The molecule has 4 saturated carbocycles. The maximum Gasteiger partial charge on any atom is 0.125 e. The van der Waals surface area contributed by atoms with Crippen LogP contribution in [0.2, 0.25) is 0 Å². The summed E-state index contributed by atoms with van der Waals surface area (Å²) in [5, 5.41) is 9.08. The van der Waals surface area contributed by atoms with E-state index in [2.05, 4.69) is 23.7 Å². The molecule has 1 heterocycles. The van der Waals surface area contributed by atoms with E-state index in [1.165, 1.54) is 62.7 Å². The third-order valence-corrected chi connectivity index (χ3v) is 10.5. The molecule has 8 atom stereocenters. The quantitative estimate of drug-likeness (QED) is 0.468. The Bertz CT molecular complexity index is 1050. The highest BCUT2D eigenvalue weighted by Crippen LogP contribution is 2.65. The summed E-state index contributed by atoms with van der Waals surface area (Å²) >= 11 is 0. The Morgan fingerprint density at radius 2 is 1.85 bits per heavy atom. The minimum atomic E-state index is -0.274. The van der Waals surface area contributed by atoms with Gasteiger partial charge in [-0.25, -0.2) is 4.39 Å². The maximum absolute atomic E-state index is 13.6. The van der Waals surface area contributed by atoms with Crippen molar-refractivity contribution in [3.8, 4) is 0 Å². The summed E-state index contributed by atoms with van der Waals surface area (Å²) < 4.78 is 26.9. The average Bonchev–Trinajstić information content (AvgIpc) is 3.37. The molecule has 0 spiro atoms. The van der Waals surface area contributed by atoms with Crippen LogP contribution in [-0.4, -0.2) is 21.7 Å². The number of fused-ring (bicyclic) bond motifs is 6. The number of hydrogen-bond acceptors (Lipinski definition) is 2. The zero-order chi connectivity index (χ0) is 22.7. The van der Waals surface area contributed by atoms with Crippen molar-refractivity contribution < 1.29 is 8.78 Å². The van der Waals surface area contributed by atoms with E-state index in [1.807, 2.05) is 0 Å². The Balaban J connectivity index is 1.17. The van der Waals surface area contributed by atoms with Gasteiger partial charge in [-0.05, 0) is 117 Å². The van der Waals surface area contributed by atoms with Crippen molar-refractivity contribution in [3.63, 3.8) is 0 Å². The fraction of sp³-hybridized carbons (Fsp3) is 0.714. The van der Waals surface area contributed by atoms with E-state index in [1.54, 1.807) is 10.9 Å². The molecular formula is C28H37F2N3. The molecule has 178 valence electrons. The smallest absolute Gasteiger partial charge is 0.125 e. The van der Waals surface area contributed by atoms with Gasteiger partial charge in [0.25, 0.3) is 0 Å². The molecule has 4 aliphatic rings. The van der Waals surface area contributed by atoms with Crippen LogP contribution in [0, 0.1) is 52.7 Å². The molecule has 0 N–H and O–H groups in total. The van der Waals surface area contributed by atoms with Crippen molar-refractivity contribution >= 4 is 11.0 Å².